The second-order valence-electron chi connectivity index (χ2n) is 5.79. The summed E-state index contributed by atoms with van der Waals surface area (Å²) in [5.41, 5.74) is 0.305. The fraction of sp³-hybridized carbons (Fsp3) is 0.111. The minimum absolute atomic E-state index is 0.0793. The van der Waals surface area contributed by atoms with Gasteiger partial charge in [0.2, 0.25) is 0 Å². The predicted molar refractivity (Wildman–Crippen MR) is 104 cm³/mol. The smallest absolute Gasteiger partial charge is 0.336 e. The lowest BCUT2D eigenvalue weighted by molar-refractivity contribution is -0.384. The molecule has 0 radical (unpaired) electrons. The van der Waals surface area contributed by atoms with Crippen molar-refractivity contribution in [3.8, 4) is 5.75 Å². The fourth-order valence-electron chi connectivity index (χ4n) is 2.48. The number of hydrogen-bond acceptors (Lipinski definition) is 6. The predicted octanol–water partition coefficient (Wildman–Crippen LogP) is 4.33. The molecule has 2 aromatic carbocycles. The monoisotopic (exact) mass is 422 g/mol. The maximum Gasteiger partial charge on any atom is 0.336 e. The molecule has 0 saturated heterocycles. The Morgan fingerprint density at radius 3 is 2.68 bits per heavy atom. The molecule has 0 saturated carbocycles. The second kappa shape index (κ2) is 7.87. The first-order valence-electron chi connectivity index (χ1n) is 7.85. The highest BCUT2D eigenvalue weighted by molar-refractivity contribution is 6.34. The van der Waals surface area contributed by atoms with Gasteiger partial charge in [-0.1, -0.05) is 23.2 Å². The molecule has 0 aliphatic heterocycles. The molecular weight excluding hydrogens is 411 g/mol. The molecule has 0 fully saturated rings. The Hall–Kier alpha value is -3.10. The van der Waals surface area contributed by atoms with Gasteiger partial charge in [0.05, 0.1) is 20.7 Å². The van der Waals surface area contributed by atoms with Crippen molar-refractivity contribution in [3.63, 3.8) is 0 Å². The van der Waals surface area contributed by atoms with Crippen LogP contribution in [0, 0.1) is 17.0 Å². The van der Waals surface area contributed by atoms with Crippen LogP contribution in [0.4, 0.5) is 11.4 Å². The molecule has 0 atom stereocenters. The van der Waals surface area contributed by atoms with Gasteiger partial charge in [0.1, 0.15) is 11.3 Å². The van der Waals surface area contributed by atoms with Crippen molar-refractivity contribution >= 4 is 51.5 Å². The number of carbonyl (C=O) groups excluding carboxylic acids is 1. The average molecular weight is 423 g/mol. The summed E-state index contributed by atoms with van der Waals surface area (Å²) in [7, 11) is 0. The van der Waals surface area contributed by atoms with E-state index in [1.807, 2.05) is 0 Å². The van der Waals surface area contributed by atoms with Crippen molar-refractivity contribution in [1.82, 2.24) is 0 Å². The van der Waals surface area contributed by atoms with Crippen molar-refractivity contribution in [2.75, 3.05) is 11.9 Å². The van der Waals surface area contributed by atoms with Crippen LogP contribution < -0.4 is 15.7 Å². The number of nitro benzene ring substituents is 1. The van der Waals surface area contributed by atoms with Gasteiger partial charge in [0.15, 0.2) is 6.61 Å². The zero-order valence-corrected chi connectivity index (χ0v) is 15.8. The quantitative estimate of drug-likeness (QED) is 0.371. The summed E-state index contributed by atoms with van der Waals surface area (Å²) in [6, 6.07) is 8.00. The molecule has 1 N–H and O–H groups in total. The van der Waals surface area contributed by atoms with Crippen LogP contribution in [0.15, 0.2) is 45.6 Å². The van der Waals surface area contributed by atoms with Crippen molar-refractivity contribution in [2.24, 2.45) is 0 Å². The van der Waals surface area contributed by atoms with Crippen molar-refractivity contribution in [1.29, 1.82) is 0 Å². The Kier molecular flexibility index (Phi) is 5.53. The van der Waals surface area contributed by atoms with E-state index in [-0.39, 0.29) is 32.8 Å². The average Bonchev–Trinajstić information content (AvgIpc) is 2.62. The standard InChI is InChI=1S/C18H12Cl2N2O6/c1-9-4-18(24)28-15-7-16(13(20)6-11(9)15)27-8-17(23)21-14-5-10(22(25)26)2-3-12(14)19/h2-7H,8H2,1H3,(H,21,23). The lowest BCUT2D eigenvalue weighted by Gasteiger charge is -2.11. The summed E-state index contributed by atoms with van der Waals surface area (Å²) in [6.07, 6.45) is 0. The minimum atomic E-state index is -0.607. The van der Waals surface area contributed by atoms with Gasteiger partial charge >= 0.3 is 5.63 Å². The molecule has 3 rings (SSSR count). The first-order chi connectivity index (χ1) is 13.2. The number of nitro groups is 1. The van der Waals surface area contributed by atoms with Gasteiger partial charge in [0, 0.05) is 29.7 Å². The number of rotatable bonds is 5. The number of nitrogens with zero attached hydrogens (tertiary/aromatic N) is 1. The van der Waals surface area contributed by atoms with Crippen molar-refractivity contribution in [3.05, 3.63) is 72.5 Å². The molecule has 0 bridgehead atoms. The van der Waals surface area contributed by atoms with Gasteiger partial charge in [-0.05, 0) is 24.6 Å². The third-order valence-electron chi connectivity index (χ3n) is 3.80. The van der Waals surface area contributed by atoms with Crippen LogP contribution in [0.2, 0.25) is 10.0 Å². The molecule has 0 spiro atoms. The van der Waals surface area contributed by atoms with E-state index in [4.69, 9.17) is 32.4 Å². The number of nitrogens with one attached hydrogen (secondary N) is 1. The van der Waals surface area contributed by atoms with Gasteiger partial charge < -0.3 is 14.5 Å². The maximum atomic E-state index is 12.1. The van der Waals surface area contributed by atoms with E-state index in [1.165, 1.54) is 24.3 Å². The number of fused-ring (bicyclic) bond motifs is 1. The van der Waals surface area contributed by atoms with Gasteiger partial charge in [0.25, 0.3) is 11.6 Å². The Balaban J connectivity index is 1.76. The van der Waals surface area contributed by atoms with E-state index in [0.29, 0.717) is 10.9 Å². The number of carbonyl (C=O) groups is 1. The number of benzene rings is 2. The highest BCUT2D eigenvalue weighted by Crippen LogP contribution is 2.31. The third kappa shape index (κ3) is 4.24. The van der Waals surface area contributed by atoms with Gasteiger partial charge in [-0.3, -0.25) is 14.9 Å². The van der Waals surface area contributed by atoms with E-state index >= 15 is 0 Å². The van der Waals surface area contributed by atoms with Crippen LogP contribution in [-0.4, -0.2) is 17.4 Å². The Labute approximate surface area is 167 Å². The number of anilines is 1. The molecule has 0 aliphatic rings. The lowest BCUT2D eigenvalue weighted by atomic mass is 10.1. The molecule has 1 aromatic heterocycles. The summed E-state index contributed by atoms with van der Waals surface area (Å²) in [6.45, 7) is 1.30. The number of aryl methyl sites for hydroxylation is 1. The van der Waals surface area contributed by atoms with Crippen LogP contribution in [0.1, 0.15) is 5.56 Å². The largest absolute Gasteiger partial charge is 0.482 e. The SMILES string of the molecule is Cc1cc(=O)oc2cc(OCC(=O)Nc3cc([N+](=O)[O-])ccc3Cl)c(Cl)cc12. The second-order valence-corrected chi connectivity index (χ2v) is 6.60. The van der Waals surface area contributed by atoms with E-state index < -0.39 is 23.1 Å². The van der Waals surface area contributed by atoms with Gasteiger partial charge in [-0.25, -0.2) is 4.79 Å². The van der Waals surface area contributed by atoms with Crippen molar-refractivity contribution < 1.29 is 18.9 Å². The highest BCUT2D eigenvalue weighted by Gasteiger charge is 2.14. The van der Waals surface area contributed by atoms with E-state index in [0.717, 1.165) is 6.07 Å². The van der Waals surface area contributed by atoms with Crippen LogP contribution in [-0.2, 0) is 4.79 Å². The zero-order chi connectivity index (χ0) is 20.4. The first kappa shape index (κ1) is 19.7. The van der Waals surface area contributed by atoms with E-state index in [2.05, 4.69) is 5.32 Å². The molecule has 8 nitrogen and oxygen atoms in total. The normalized spacial score (nSPS) is 10.7. The lowest BCUT2D eigenvalue weighted by Crippen LogP contribution is -2.20. The molecule has 0 aliphatic carbocycles. The van der Waals surface area contributed by atoms with Gasteiger partial charge in [-0.15, -0.1) is 0 Å². The summed E-state index contributed by atoms with van der Waals surface area (Å²) < 4.78 is 10.5. The maximum absolute atomic E-state index is 12.1. The molecular formula is C18H12Cl2N2O6. The third-order valence-corrected chi connectivity index (χ3v) is 4.42. The topological polar surface area (TPSA) is 112 Å². The summed E-state index contributed by atoms with van der Waals surface area (Å²) >= 11 is 12.1. The van der Waals surface area contributed by atoms with Crippen LogP contribution >= 0.6 is 23.2 Å². The molecule has 1 heterocycles. The molecule has 28 heavy (non-hydrogen) atoms. The van der Waals surface area contributed by atoms with Gasteiger partial charge in [-0.2, -0.15) is 0 Å². The molecule has 0 unspecified atom stereocenters. The summed E-state index contributed by atoms with van der Waals surface area (Å²) in [5, 5.41) is 14.3. The zero-order valence-electron chi connectivity index (χ0n) is 14.3. The van der Waals surface area contributed by atoms with Crippen LogP contribution in [0.5, 0.6) is 5.75 Å². The Morgan fingerprint density at radius 2 is 1.96 bits per heavy atom. The molecule has 10 heteroatoms. The molecule has 144 valence electrons. The van der Waals surface area contributed by atoms with Crippen molar-refractivity contribution in [2.45, 2.75) is 6.92 Å². The summed E-state index contributed by atoms with van der Waals surface area (Å²) in [4.78, 5) is 33.9. The number of non-ortho nitro benzene ring substituents is 1. The van der Waals surface area contributed by atoms with Crippen LogP contribution in [0.25, 0.3) is 11.0 Å². The Bertz CT molecular complexity index is 1160. The molecule has 1 amide bonds. The number of halogens is 2. The van der Waals surface area contributed by atoms with Crippen LogP contribution in [0.3, 0.4) is 0 Å². The fourth-order valence-corrected chi connectivity index (χ4v) is 2.87. The summed E-state index contributed by atoms with van der Waals surface area (Å²) in [5.74, 6) is -0.465. The number of hydrogen-bond donors (Lipinski definition) is 1. The molecule has 3 aromatic rings. The highest BCUT2D eigenvalue weighted by atomic mass is 35.5. The first-order valence-corrected chi connectivity index (χ1v) is 8.61. The number of amides is 1. The Morgan fingerprint density at radius 1 is 1.21 bits per heavy atom. The minimum Gasteiger partial charge on any atom is -0.482 e. The van der Waals surface area contributed by atoms with E-state index in [1.54, 1.807) is 13.0 Å². The van der Waals surface area contributed by atoms with E-state index in [9.17, 15) is 19.7 Å². The number of ether oxygens (including phenoxy) is 1.